The molecule has 0 spiro atoms. The number of carbonyl (C=O) groups is 2. The van der Waals surface area contributed by atoms with E-state index in [0.717, 1.165) is 16.8 Å². The van der Waals surface area contributed by atoms with Gasteiger partial charge in [0, 0.05) is 5.38 Å². The fourth-order valence-corrected chi connectivity index (χ4v) is 3.54. The first kappa shape index (κ1) is 17.6. The van der Waals surface area contributed by atoms with Gasteiger partial charge in [0.05, 0.1) is 22.5 Å². The quantitative estimate of drug-likeness (QED) is 0.738. The van der Waals surface area contributed by atoms with E-state index in [0.29, 0.717) is 5.69 Å². The van der Waals surface area contributed by atoms with E-state index in [-0.39, 0.29) is 12.5 Å². The van der Waals surface area contributed by atoms with Crippen LogP contribution in [-0.4, -0.2) is 39.2 Å². The van der Waals surface area contributed by atoms with Gasteiger partial charge in [-0.05, 0) is 32.2 Å². The first-order valence-electron chi connectivity index (χ1n) is 6.88. The minimum Gasteiger partial charge on any atom is -0.479 e. The Kier molecular flexibility index (Phi) is 4.88. The molecule has 3 N–H and O–H groups in total. The van der Waals surface area contributed by atoms with Crippen molar-refractivity contribution in [2.45, 2.75) is 31.8 Å². The van der Waals surface area contributed by atoms with E-state index < -0.39 is 17.0 Å². The van der Waals surface area contributed by atoms with Gasteiger partial charge in [0.15, 0.2) is 5.60 Å². The third-order valence-corrected chi connectivity index (χ3v) is 5.38. The van der Waals surface area contributed by atoms with E-state index in [2.05, 4.69) is 10.3 Å². The Hall–Kier alpha value is -1.77. The van der Waals surface area contributed by atoms with E-state index in [1.807, 2.05) is 22.9 Å². The standard InChI is InChI=1S/C15H18N2O4S2/c1-14(2,12(18)16-8-15(3,21)13(19)20)10-7-23-11(17-10)9-5-4-6-22-9/h4-7,21H,8H2,1-3H3,(H,16,18)(H,19,20). The van der Waals surface area contributed by atoms with Gasteiger partial charge in [0.1, 0.15) is 5.01 Å². The second kappa shape index (κ2) is 6.38. The molecule has 1 atom stereocenters. The number of aliphatic carboxylic acids is 1. The van der Waals surface area contributed by atoms with E-state index in [4.69, 9.17) is 5.11 Å². The maximum Gasteiger partial charge on any atom is 0.337 e. The molecule has 23 heavy (non-hydrogen) atoms. The molecule has 8 heteroatoms. The number of carboxylic acid groups (broad SMARTS) is 1. The number of carbonyl (C=O) groups excluding carboxylic acids is 1. The average Bonchev–Trinajstić information content (AvgIpc) is 3.14. The molecule has 1 unspecified atom stereocenters. The molecule has 6 nitrogen and oxygen atoms in total. The SMILES string of the molecule is CC(O)(CNC(=O)C(C)(C)c1csc(-c2cccs2)n1)C(=O)O. The highest BCUT2D eigenvalue weighted by molar-refractivity contribution is 7.20. The Morgan fingerprint density at radius 1 is 1.30 bits per heavy atom. The first-order chi connectivity index (χ1) is 10.6. The van der Waals surface area contributed by atoms with Gasteiger partial charge >= 0.3 is 5.97 Å². The number of rotatable bonds is 6. The predicted octanol–water partition coefficient (Wildman–Crippen LogP) is 2.10. The van der Waals surface area contributed by atoms with Gasteiger partial charge in [-0.1, -0.05) is 6.07 Å². The Bertz CT molecular complexity index is 705. The van der Waals surface area contributed by atoms with Crippen LogP contribution in [0.5, 0.6) is 0 Å². The summed E-state index contributed by atoms with van der Waals surface area (Å²) in [4.78, 5) is 28.8. The summed E-state index contributed by atoms with van der Waals surface area (Å²) in [6.07, 6.45) is 0. The Morgan fingerprint density at radius 2 is 2.00 bits per heavy atom. The molecule has 0 aromatic carbocycles. The van der Waals surface area contributed by atoms with E-state index in [1.54, 1.807) is 25.2 Å². The number of nitrogens with zero attached hydrogens (tertiary/aromatic N) is 1. The van der Waals surface area contributed by atoms with Gasteiger partial charge in [0.25, 0.3) is 0 Å². The third-order valence-electron chi connectivity index (χ3n) is 3.50. The van der Waals surface area contributed by atoms with Crippen molar-refractivity contribution in [1.29, 1.82) is 0 Å². The van der Waals surface area contributed by atoms with Crippen LogP contribution < -0.4 is 5.32 Å². The second-order valence-electron chi connectivity index (χ2n) is 5.90. The molecular formula is C15H18N2O4S2. The topological polar surface area (TPSA) is 99.5 Å². The fraction of sp³-hybridized carbons (Fsp3) is 0.400. The monoisotopic (exact) mass is 354 g/mol. The van der Waals surface area contributed by atoms with Crippen LogP contribution in [0.3, 0.4) is 0 Å². The summed E-state index contributed by atoms with van der Waals surface area (Å²) in [6, 6.07) is 3.90. The Morgan fingerprint density at radius 3 is 2.57 bits per heavy atom. The maximum absolute atomic E-state index is 12.4. The zero-order valence-electron chi connectivity index (χ0n) is 13.0. The molecule has 124 valence electrons. The van der Waals surface area contributed by atoms with Gasteiger partial charge in [-0.2, -0.15) is 0 Å². The molecule has 2 rings (SSSR count). The van der Waals surface area contributed by atoms with Crippen molar-refractivity contribution in [3.63, 3.8) is 0 Å². The van der Waals surface area contributed by atoms with Gasteiger partial charge in [0.2, 0.25) is 5.91 Å². The number of carboxylic acids is 1. The predicted molar refractivity (Wildman–Crippen MR) is 89.7 cm³/mol. The van der Waals surface area contributed by atoms with E-state index >= 15 is 0 Å². The van der Waals surface area contributed by atoms with Crippen LogP contribution in [-0.2, 0) is 15.0 Å². The minimum atomic E-state index is -2.00. The minimum absolute atomic E-state index is 0.369. The van der Waals surface area contributed by atoms with Gasteiger partial charge < -0.3 is 15.5 Å². The molecule has 0 radical (unpaired) electrons. The zero-order chi connectivity index (χ0) is 17.3. The largest absolute Gasteiger partial charge is 0.479 e. The van der Waals surface area contributed by atoms with Gasteiger partial charge in [-0.25, -0.2) is 9.78 Å². The molecule has 2 heterocycles. The summed E-state index contributed by atoms with van der Waals surface area (Å²) in [6.45, 7) is 4.20. The van der Waals surface area contributed by atoms with Gasteiger partial charge in [-0.15, -0.1) is 22.7 Å². The van der Waals surface area contributed by atoms with Crippen molar-refractivity contribution in [2.75, 3.05) is 6.54 Å². The molecule has 0 saturated heterocycles. The summed E-state index contributed by atoms with van der Waals surface area (Å²) in [5, 5.41) is 25.7. The fourth-order valence-electron chi connectivity index (χ4n) is 1.74. The molecule has 1 amide bonds. The smallest absolute Gasteiger partial charge is 0.337 e. The van der Waals surface area contributed by atoms with Crippen molar-refractivity contribution in [1.82, 2.24) is 10.3 Å². The molecular weight excluding hydrogens is 336 g/mol. The van der Waals surface area contributed by atoms with Crippen LogP contribution in [0.4, 0.5) is 0 Å². The molecule has 0 aliphatic heterocycles. The van der Waals surface area contributed by atoms with Crippen LogP contribution >= 0.6 is 22.7 Å². The molecule has 2 aromatic heterocycles. The number of aliphatic hydroxyl groups is 1. The lowest BCUT2D eigenvalue weighted by atomic mass is 9.88. The van der Waals surface area contributed by atoms with Crippen LogP contribution in [0.2, 0.25) is 0 Å². The maximum atomic E-state index is 12.4. The highest BCUT2D eigenvalue weighted by Crippen LogP contribution is 2.32. The van der Waals surface area contributed by atoms with Crippen LogP contribution in [0.1, 0.15) is 26.5 Å². The number of nitrogens with one attached hydrogen (secondary N) is 1. The van der Waals surface area contributed by atoms with Crippen molar-refractivity contribution >= 4 is 34.6 Å². The van der Waals surface area contributed by atoms with E-state index in [1.165, 1.54) is 11.3 Å². The van der Waals surface area contributed by atoms with Crippen LogP contribution in [0.25, 0.3) is 9.88 Å². The summed E-state index contributed by atoms with van der Waals surface area (Å²) in [7, 11) is 0. The van der Waals surface area contributed by atoms with Gasteiger partial charge in [-0.3, -0.25) is 4.79 Å². The Balaban J connectivity index is 2.11. The van der Waals surface area contributed by atoms with Crippen molar-refractivity contribution in [3.8, 4) is 9.88 Å². The number of thiophene rings is 1. The summed E-state index contributed by atoms with van der Waals surface area (Å²) in [5.41, 5.74) is -2.32. The second-order valence-corrected chi connectivity index (χ2v) is 7.71. The molecule has 0 aliphatic rings. The van der Waals surface area contributed by atoms with Crippen molar-refractivity contribution in [2.24, 2.45) is 0 Å². The summed E-state index contributed by atoms with van der Waals surface area (Å²) in [5.74, 6) is -1.77. The third kappa shape index (κ3) is 3.77. The summed E-state index contributed by atoms with van der Waals surface area (Å²) < 4.78 is 0. The number of thiazole rings is 1. The number of aromatic nitrogens is 1. The summed E-state index contributed by atoms with van der Waals surface area (Å²) >= 11 is 3.03. The number of hydrogen-bond acceptors (Lipinski definition) is 6. The lowest BCUT2D eigenvalue weighted by Crippen LogP contribution is -2.50. The first-order valence-corrected chi connectivity index (χ1v) is 8.64. The van der Waals surface area contributed by atoms with E-state index in [9.17, 15) is 14.7 Å². The normalized spacial score (nSPS) is 14.3. The molecule has 2 aromatic rings. The zero-order valence-corrected chi connectivity index (χ0v) is 14.6. The lowest BCUT2D eigenvalue weighted by Gasteiger charge is -2.24. The molecule has 0 aliphatic carbocycles. The highest BCUT2D eigenvalue weighted by atomic mass is 32.1. The molecule has 0 fully saturated rings. The average molecular weight is 354 g/mol. The highest BCUT2D eigenvalue weighted by Gasteiger charge is 2.36. The van der Waals surface area contributed by atoms with Crippen molar-refractivity contribution < 1.29 is 19.8 Å². The molecule has 0 saturated carbocycles. The Labute approximate surface area is 141 Å². The lowest BCUT2D eigenvalue weighted by molar-refractivity contribution is -0.156. The van der Waals surface area contributed by atoms with Crippen LogP contribution in [0.15, 0.2) is 22.9 Å². The number of hydrogen-bond donors (Lipinski definition) is 3. The van der Waals surface area contributed by atoms with Crippen molar-refractivity contribution in [3.05, 3.63) is 28.6 Å². The molecule has 0 bridgehead atoms. The number of amides is 1. The van der Waals surface area contributed by atoms with Crippen LogP contribution in [0, 0.1) is 0 Å².